The molecule has 122 valence electrons. The molecule has 0 saturated heterocycles. The zero-order chi connectivity index (χ0) is 16.7. The Morgan fingerprint density at radius 3 is 2.83 bits per heavy atom. The second-order valence-electron chi connectivity index (χ2n) is 6.08. The summed E-state index contributed by atoms with van der Waals surface area (Å²) in [6, 6.07) is 13.5. The van der Waals surface area contributed by atoms with Gasteiger partial charge in [-0.3, -0.25) is 4.79 Å². The molecule has 5 nitrogen and oxygen atoms in total. The van der Waals surface area contributed by atoms with Crippen LogP contribution in [0.3, 0.4) is 0 Å². The highest BCUT2D eigenvalue weighted by Crippen LogP contribution is 2.34. The third-order valence-electron chi connectivity index (χ3n) is 4.27. The Kier molecular flexibility index (Phi) is 3.41. The van der Waals surface area contributed by atoms with E-state index in [4.69, 9.17) is 9.47 Å². The van der Waals surface area contributed by atoms with Gasteiger partial charge in [0.15, 0.2) is 11.5 Å². The second-order valence-corrected chi connectivity index (χ2v) is 6.08. The number of nitrogens with one attached hydrogen (secondary N) is 2. The lowest BCUT2D eigenvalue weighted by Gasteiger charge is -2.14. The molecular weight excluding hydrogens is 304 g/mol. The summed E-state index contributed by atoms with van der Waals surface area (Å²) in [5.41, 5.74) is 3.66. The molecule has 4 rings (SSSR count). The number of aromatic amines is 1. The normalized spacial score (nSPS) is 13.9. The van der Waals surface area contributed by atoms with Crippen molar-refractivity contribution in [1.82, 2.24) is 10.3 Å². The van der Waals surface area contributed by atoms with Gasteiger partial charge < -0.3 is 19.8 Å². The van der Waals surface area contributed by atoms with Gasteiger partial charge in [0.25, 0.3) is 5.91 Å². The highest BCUT2D eigenvalue weighted by atomic mass is 16.7. The molecule has 0 aliphatic carbocycles. The Bertz CT molecular complexity index is 930. The average Bonchev–Trinajstić information content (AvgIpc) is 3.19. The lowest BCUT2D eigenvalue weighted by Crippen LogP contribution is -2.26. The van der Waals surface area contributed by atoms with E-state index in [2.05, 4.69) is 10.3 Å². The Morgan fingerprint density at radius 1 is 1.12 bits per heavy atom. The molecule has 2 heterocycles. The van der Waals surface area contributed by atoms with E-state index >= 15 is 0 Å². The Morgan fingerprint density at radius 2 is 1.96 bits per heavy atom. The van der Waals surface area contributed by atoms with E-state index in [9.17, 15) is 4.79 Å². The quantitative estimate of drug-likeness (QED) is 0.773. The maximum absolute atomic E-state index is 12.5. The van der Waals surface area contributed by atoms with Crippen LogP contribution in [0.1, 0.15) is 34.6 Å². The molecular formula is C19H18N2O3. The van der Waals surface area contributed by atoms with Gasteiger partial charge in [-0.15, -0.1) is 0 Å². The number of carbonyl (C=O) groups excluding carboxylic acids is 1. The fraction of sp³-hybridized carbons (Fsp3) is 0.211. The van der Waals surface area contributed by atoms with Gasteiger partial charge in [0.1, 0.15) is 5.69 Å². The van der Waals surface area contributed by atoms with E-state index in [1.165, 1.54) is 0 Å². The molecule has 2 N–H and O–H groups in total. The summed E-state index contributed by atoms with van der Waals surface area (Å²) in [6.07, 6.45) is 0. The van der Waals surface area contributed by atoms with E-state index < -0.39 is 0 Å². The number of fused-ring (bicyclic) bond motifs is 2. The van der Waals surface area contributed by atoms with Gasteiger partial charge in [0, 0.05) is 10.9 Å². The molecule has 3 aromatic rings. The van der Waals surface area contributed by atoms with E-state index in [1.54, 1.807) is 0 Å². The lowest BCUT2D eigenvalue weighted by atomic mass is 10.1. The summed E-state index contributed by atoms with van der Waals surface area (Å²) >= 11 is 0. The Hall–Kier alpha value is -2.95. The van der Waals surface area contributed by atoms with Gasteiger partial charge >= 0.3 is 0 Å². The molecule has 1 aromatic heterocycles. The van der Waals surface area contributed by atoms with Gasteiger partial charge in [-0.1, -0.05) is 18.2 Å². The SMILES string of the molecule is Cc1ccc2cc(C(=O)NC(C)c3ccc4c(c3)OCO4)[nH]c2c1. The molecule has 5 heteroatoms. The molecule has 1 aliphatic heterocycles. The maximum Gasteiger partial charge on any atom is 0.268 e. The summed E-state index contributed by atoms with van der Waals surface area (Å²) in [5, 5.41) is 4.04. The predicted octanol–water partition coefficient (Wildman–Crippen LogP) is 3.70. The van der Waals surface area contributed by atoms with E-state index in [-0.39, 0.29) is 18.7 Å². The van der Waals surface area contributed by atoms with Gasteiger partial charge in [-0.05, 0) is 49.2 Å². The number of H-pyrrole nitrogens is 1. The molecule has 0 bridgehead atoms. The molecule has 1 amide bonds. The number of aromatic nitrogens is 1. The van der Waals surface area contributed by atoms with Crippen molar-refractivity contribution in [2.24, 2.45) is 0 Å². The van der Waals surface area contributed by atoms with Crippen molar-refractivity contribution in [2.75, 3.05) is 6.79 Å². The Labute approximate surface area is 139 Å². The van der Waals surface area contributed by atoms with Crippen molar-refractivity contribution in [3.63, 3.8) is 0 Å². The third kappa shape index (κ3) is 2.58. The number of hydrogen-bond donors (Lipinski definition) is 2. The van der Waals surface area contributed by atoms with Crippen LogP contribution < -0.4 is 14.8 Å². The molecule has 0 radical (unpaired) electrons. The zero-order valence-corrected chi connectivity index (χ0v) is 13.6. The molecule has 2 aromatic carbocycles. The van der Waals surface area contributed by atoms with Crippen LogP contribution in [-0.2, 0) is 0 Å². The average molecular weight is 322 g/mol. The first kappa shape index (κ1) is 14.6. The van der Waals surface area contributed by atoms with Crippen LogP contribution >= 0.6 is 0 Å². The number of amides is 1. The molecule has 1 aliphatic rings. The highest BCUT2D eigenvalue weighted by molar-refractivity contribution is 5.98. The molecule has 0 fully saturated rings. The summed E-state index contributed by atoms with van der Waals surface area (Å²) in [6.45, 7) is 4.22. The molecule has 24 heavy (non-hydrogen) atoms. The van der Waals surface area contributed by atoms with Gasteiger partial charge in [-0.25, -0.2) is 0 Å². The van der Waals surface area contributed by atoms with E-state index in [1.807, 2.05) is 56.3 Å². The predicted molar refractivity (Wildman–Crippen MR) is 91.5 cm³/mol. The number of hydrogen-bond acceptors (Lipinski definition) is 3. The van der Waals surface area contributed by atoms with Gasteiger partial charge in [0.05, 0.1) is 6.04 Å². The lowest BCUT2D eigenvalue weighted by molar-refractivity contribution is 0.0935. The van der Waals surface area contributed by atoms with E-state index in [0.29, 0.717) is 5.69 Å². The number of carbonyl (C=O) groups is 1. The number of benzene rings is 2. The topological polar surface area (TPSA) is 63.4 Å². The Balaban J connectivity index is 1.54. The van der Waals surface area contributed by atoms with Crippen molar-refractivity contribution in [3.05, 3.63) is 59.3 Å². The largest absolute Gasteiger partial charge is 0.454 e. The highest BCUT2D eigenvalue weighted by Gasteiger charge is 2.18. The zero-order valence-electron chi connectivity index (χ0n) is 13.6. The smallest absolute Gasteiger partial charge is 0.268 e. The number of ether oxygens (including phenoxy) is 2. The van der Waals surface area contributed by atoms with Crippen molar-refractivity contribution < 1.29 is 14.3 Å². The van der Waals surface area contributed by atoms with E-state index in [0.717, 1.165) is 33.5 Å². The molecule has 1 unspecified atom stereocenters. The third-order valence-corrected chi connectivity index (χ3v) is 4.27. The minimum atomic E-state index is -0.139. The molecule has 1 atom stereocenters. The van der Waals surface area contributed by atoms with Gasteiger partial charge in [-0.2, -0.15) is 0 Å². The fourth-order valence-corrected chi connectivity index (χ4v) is 2.90. The monoisotopic (exact) mass is 322 g/mol. The summed E-state index contributed by atoms with van der Waals surface area (Å²) in [7, 11) is 0. The van der Waals surface area contributed by atoms with Crippen molar-refractivity contribution in [1.29, 1.82) is 0 Å². The van der Waals surface area contributed by atoms with Crippen molar-refractivity contribution in [2.45, 2.75) is 19.9 Å². The maximum atomic E-state index is 12.5. The van der Waals surface area contributed by atoms with Crippen molar-refractivity contribution in [3.8, 4) is 11.5 Å². The number of aryl methyl sites for hydroxylation is 1. The van der Waals surface area contributed by atoms with Crippen LogP contribution in [0.25, 0.3) is 10.9 Å². The standard InChI is InChI=1S/C19H18N2O3/c1-11-3-4-14-8-16(21-15(14)7-11)19(22)20-12(2)13-5-6-17-18(9-13)24-10-23-17/h3-9,12,21H,10H2,1-2H3,(H,20,22). The van der Waals surface area contributed by atoms with Gasteiger partial charge in [0.2, 0.25) is 6.79 Å². The fourth-order valence-electron chi connectivity index (χ4n) is 2.90. The number of rotatable bonds is 3. The van der Waals surface area contributed by atoms with Crippen LogP contribution in [0.4, 0.5) is 0 Å². The second kappa shape index (κ2) is 5.60. The first-order valence-electron chi connectivity index (χ1n) is 7.90. The summed E-state index contributed by atoms with van der Waals surface area (Å²) in [5.74, 6) is 1.33. The van der Waals surface area contributed by atoms with Crippen LogP contribution in [0, 0.1) is 6.92 Å². The first-order valence-corrected chi connectivity index (χ1v) is 7.90. The summed E-state index contributed by atoms with van der Waals surface area (Å²) < 4.78 is 10.7. The minimum Gasteiger partial charge on any atom is -0.454 e. The minimum absolute atomic E-state index is 0.131. The molecule has 0 saturated carbocycles. The molecule has 0 spiro atoms. The van der Waals surface area contributed by atoms with Crippen molar-refractivity contribution >= 4 is 16.8 Å². The van der Waals surface area contributed by atoms with Crippen LogP contribution in [0.2, 0.25) is 0 Å². The first-order chi connectivity index (χ1) is 11.6. The summed E-state index contributed by atoms with van der Waals surface area (Å²) in [4.78, 5) is 15.7. The van der Waals surface area contributed by atoms with Crippen LogP contribution in [0.5, 0.6) is 11.5 Å². The van der Waals surface area contributed by atoms with Crippen LogP contribution in [0.15, 0.2) is 42.5 Å². The van der Waals surface area contributed by atoms with Crippen LogP contribution in [-0.4, -0.2) is 17.7 Å².